The second-order valence-electron chi connectivity index (χ2n) is 5.21. The first-order valence-electron chi connectivity index (χ1n) is 7.30. The topological polar surface area (TPSA) is 66.0 Å². The van der Waals surface area contributed by atoms with Gasteiger partial charge in [-0.1, -0.05) is 42.5 Å². The summed E-state index contributed by atoms with van der Waals surface area (Å²) in [5.74, 6) is -1.04. The van der Waals surface area contributed by atoms with E-state index in [1.54, 1.807) is 30.3 Å². The van der Waals surface area contributed by atoms with Gasteiger partial charge in [-0.3, -0.25) is 0 Å². The number of nitrogens with zero attached hydrogens (tertiary/aromatic N) is 2. The predicted molar refractivity (Wildman–Crippen MR) is 98.9 cm³/mol. The van der Waals surface area contributed by atoms with Crippen LogP contribution in [0.4, 0.5) is 0 Å². The number of thioether (sulfide) groups is 1. The van der Waals surface area contributed by atoms with Crippen LogP contribution in [-0.2, 0) is 7.05 Å². The van der Waals surface area contributed by atoms with Crippen LogP contribution in [0.5, 0.6) is 0 Å². The Morgan fingerprint density at radius 1 is 1.29 bits per heavy atom. The first-order chi connectivity index (χ1) is 11.5. The molecule has 1 heterocycles. The second-order valence-corrected chi connectivity index (χ2v) is 5.95. The van der Waals surface area contributed by atoms with Gasteiger partial charge < -0.3 is 9.67 Å². The van der Waals surface area contributed by atoms with Gasteiger partial charge in [-0.25, -0.2) is 4.79 Å². The van der Waals surface area contributed by atoms with Crippen molar-refractivity contribution in [3.63, 3.8) is 0 Å². The summed E-state index contributed by atoms with van der Waals surface area (Å²) < 4.78 is 1.55. The molecule has 24 heavy (non-hydrogen) atoms. The largest absolute Gasteiger partial charge is 0.477 e. The SMILES string of the molecule is CS/C=C\C=C\c1ccc(-c2c(C#N)c(C)n(C)c2C(=O)O)cc1. The molecule has 0 aliphatic rings. The highest BCUT2D eigenvalue weighted by atomic mass is 32.2. The van der Waals surface area contributed by atoms with Gasteiger partial charge in [0.15, 0.2) is 0 Å². The number of aromatic carboxylic acids is 1. The van der Waals surface area contributed by atoms with E-state index >= 15 is 0 Å². The highest BCUT2D eigenvalue weighted by Gasteiger charge is 2.24. The number of carboxylic acids is 1. The van der Waals surface area contributed by atoms with Crippen LogP contribution < -0.4 is 0 Å². The molecule has 5 heteroatoms. The molecule has 0 fully saturated rings. The fourth-order valence-corrected chi connectivity index (χ4v) is 2.77. The lowest BCUT2D eigenvalue weighted by atomic mass is 9.99. The maximum atomic E-state index is 11.6. The van der Waals surface area contributed by atoms with Crippen molar-refractivity contribution in [1.82, 2.24) is 4.57 Å². The van der Waals surface area contributed by atoms with E-state index in [9.17, 15) is 15.2 Å². The van der Waals surface area contributed by atoms with Crippen molar-refractivity contribution in [2.75, 3.05) is 6.26 Å². The van der Waals surface area contributed by atoms with Gasteiger partial charge in [-0.2, -0.15) is 5.26 Å². The fraction of sp³-hybridized carbons (Fsp3) is 0.158. The van der Waals surface area contributed by atoms with Gasteiger partial charge in [-0.15, -0.1) is 11.8 Å². The molecule has 122 valence electrons. The number of hydrogen-bond donors (Lipinski definition) is 1. The number of carbonyl (C=O) groups is 1. The smallest absolute Gasteiger partial charge is 0.353 e. The molecule has 0 atom stereocenters. The summed E-state index contributed by atoms with van der Waals surface area (Å²) in [5.41, 5.74) is 3.40. The van der Waals surface area contributed by atoms with Gasteiger partial charge in [-0.05, 0) is 29.7 Å². The van der Waals surface area contributed by atoms with Gasteiger partial charge >= 0.3 is 5.97 Å². The predicted octanol–water partition coefficient (Wildman–Crippen LogP) is 4.46. The van der Waals surface area contributed by atoms with Crippen molar-refractivity contribution in [3.8, 4) is 17.2 Å². The minimum Gasteiger partial charge on any atom is -0.477 e. The third-order valence-electron chi connectivity index (χ3n) is 3.82. The molecule has 0 bridgehead atoms. The summed E-state index contributed by atoms with van der Waals surface area (Å²) in [7, 11) is 1.66. The Morgan fingerprint density at radius 2 is 1.96 bits per heavy atom. The van der Waals surface area contributed by atoms with E-state index in [4.69, 9.17) is 0 Å². The summed E-state index contributed by atoms with van der Waals surface area (Å²) in [5, 5.41) is 20.9. The van der Waals surface area contributed by atoms with Gasteiger partial charge in [0, 0.05) is 18.3 Å². The summed E-state index contributed by atoms with van der Waals surface area (Å²) in [4.78, 5) is 11.6. The molecule has 2 aromatic rings. The zero-order chi connectivity index (χ0) is 17.7. The molecule has 0 aliphatic carbocycles. The number of rotatable bonds is 5. The molecule has 1 N–H and O–H groups in total. The molecule has 0 unspecified atom stereocenters. The molecule has 0 saturated heterocycles. The third-order valence-corrected chi connectivity index (χ3v) is 4.24. The van der Waals surface area contributed by atoms with Crippen molar-refractivity contribution in [2.24, 2.45) is 7.05 Å². The van der Waals surface area contributed by atoms with Gasteiger partial charge in [0.25, 0.3) is 0 Å². The second kappa shape index (κ2) is 7.71. The molecule has 0 radical (unpaired) electrons. The maximum absolute atomic E-state index is 11.6. The molecular formula is C19H18N2O2S. The van der Waals surface area contributed by atoms with Crippen LogP contribution in [0.3, 0.4) is 0 Å². The third kappa shape index (κ3) is 3.44. The van der Waals surface area contributed by atoms with Crippen molar-refractivity contribution < 1.29 is 9.90 Å². The Kier molecular flexibility index (Phi) is 5.67. The lowest BCUT2D eigenvalue weighted by Crippen LogP contribution is -2.06. The van der Waals surface area contributed by atoms with Crippen LogP contribution in [0.1, 0.15) is 27.3 Å². The standard InChI is InChI=1S/C19H18N2O2S/c1-13-16(12-20)17(18(19(22)23)21(13)2)15-9-7-14(8-10-15)6-4-5-11-24-3/h4-11H,1-3H3,(H,22,23)/b6-4+,11-5-. The molecule has 1 aromatic carbocycles. The average molecular weight is 338 g/mol. The summed E-state index contributed by atoms with van der Waals surface area (Å²) in [6.07, 6.45) is 7.86. The summed E-state index contributed by atoms with van der Waals surface area (Å²) in [6, 6.07) is 9.65. The van der Waals surface area contributed by atoms with E-state index in [0.29, 0.717) is 16.8 Å². The lowest BCUT2D eigenvalue weighted by Gasteiger charge is -2.04. The zero-order valence-electron chi connectivity index (χ0n) is 13.8. The Bertz CT molecular complexity index is 853. The maximum Gasteiger partial charge on any atom is 0.353 e. The van der Waals surface area contributed by atoms with Crippen molar-refractivity contribution in [2.45, 2.75) is 6.92 Å². The zero-order valence-corrected chi connectivity index (χ0v) is 14.6. The molecule has 0 aliphatic heterocycles. The minimum atomic E-state index is -1.04. The van der Waals surface area contributed by atoms with E-state index in [0.717, 1.165) is 11.1 Å². The van der Waals surface area contributed by atoms with Crippen molar-refractivity contribution >= 4 is 23.8 Å². The molecular weight excluding hydrogens is 320 g/mol. The summed E-state index contributed by atoms with van der Waals surface area (Å²) in [6.45, 7) is 1.75. The molecule has 2 rings (SSSR count). The van der Waals surface area contributed by atoms with Crippen LogP contribution >= 0.6 is 11.8 Å². The van der Waals surface area contributed by atoms with E-state index in [1.807, 2.05) is 54.2 Å². The van der Waals surface area contributed by atoms with E-state index in [2.05, 4.69) is 6.07 Å². The van der Waals surface area contributed by atoms with E-state index in [-0.39, 0.29) is 5.69 Å². The summed E-state index contributed by atoms with van der Waals surface area (Å²) >= 11 is 1.63. The van der Waals surface area contributed by atoms with Crippen LogP contribution in [0, 0.1) is 18.3 Å². The number of benzene rings is 1. The van der Waals surface area contributed by atoms with Crippen molar-refractivity contribution in [1.29, 1.82) is 5.26 Å². The molecule has 0 spiro atoms. The normalized spacial score (nSPS) is 11.2. The number of aromatic nitrogens is 1. The number of hydrogen-bond acceptors (Lipinski definition) is 3. The first kappa shape index (κ1) is 17.6. The van der Waals surface area contributed by atoms with Crippen molar-refractivity contribution in [3.05, 3.63) is 64.3 Å². The molecule has 1 aromatic heterocycles. The number of carboxylic acid groups (broad SMARTS) is 1. The molecule has 4 nitrogen and oxygen atoms in total. The Balaban J connectivity index is 2.48. The van der Waals surface area contributed by atoms with Gasteiger partial charge in [0.05, 0.1) is 5.56 Å². The molecule has 0 amide bonds. The van der Waals surface area contributed by atoms with Crippen LogP contribution in [0.15, 0.2) is 41.8 Å². The van der Waals surface area contributed by atoms with Crippen LogP contribution in [0.25, 0.3) is 17.2 Å². The van der Waals surface area contributed by atoms with Crippen LogP contribution in [0.2, 0.25) is 0 Å². The number of nitriles is 1. The quantitative estimate of drug-likeness (QED) is 0.817. The highest BCUT2D eigenvalue weighted by molar-refractivity contribution is 8.01. The first-order valence-corrected chi connectivity index (χ1v) is 8.59. The Labute approximate surface area is 145 Å². The molecule has 0 saturated carbocycles. The van der Waals surface area contributed by atoms with Gasteiger partial charge in [0.1, 0.15) is 11.8 Å². The average Bonchev–Trinajstić information content (AvgIpc) is 2.83. The van der Waals surface area contributed by atoms with E-state index < -0.39 is 5.97 Å². The van der Waals surface area contributed by atoms with Crippen LogP contribution in [-0.4, -0.2) is 21.9 Å². The number of allylic oxidation sites excluding steroid dienone is 2. The van der Waals surface area contributed by atoms with Gasteiger partial charge in [0.2, 0.25) is 0 Å². The Hall–Kier alpha value is -2.71. The fourth-order valence-electron chi connectivity index (χ4n) is 2.52. The minimum absolute atomic E-state index is 0.134. The van der Waals surface area contributed by atoms with E-state index in [1.165, 1.54) is 0 Å². The Morgan fingerprint density at radius 3 is 2.50 bits per heavy atom. The monoisotopic (exact) mass is 338 g/mol. The lowest BCUT2D eigenvalue weighted by molar-refractivity contribution is 0.0687. The highest BCUT2D eigenvalue weighted by Crippen LogP contribution is 2.32.